The number of nitrogens with one attached hydrogen (secondary N) is 1. The van der Waals surface area contributed by atoms with Crippen LogP contribution in [0.2, 0.25) is 0 Å². The van der Waals surface area contributed by atoms with Crippen LogP contribution < -0.4 is 5.32 Å². The summed E-state index contributed by atoms with van der Waals surface area (Å²) in [6.45, 7) is 2.17. The predicted octanol–water partition coefficient (Wildman–Crippen LogP) is 4.97. The summed E-state index contributed by atoms with van der Waals surface area (Å²) in [4.78, 5) is 26.2. The molecule has 0 saturated heterocycles. The molecule has 0 saturated carbocycles. The minimum absolute atomic E-state index is 0.269. The monoisotopic (exact) mass is 453 g/mol. The Morgan fingerprint density at radius 3 is 2.62 bits per heavy atom. The Labute approximate surface area is 195 Å². The number of hydrogen-bond acceptors (Lipinski definition) is 5. The normalized spacial score (nSPS) is 10.9. The van der Waals surface area contributed by atoms with E-state index in [9.17, 15) is 9.18 Å². The Bertz CT molecular complexity index is 1460. The number of nitrogens with zero attached hydrogens (tertiary/aromatic N) is 4. The lowest BCUT2D eigenvalue weighted by Gasteiger charge is -2.12. The lowest BCUT2D eigenvalue weighted by molar-refractivity contribution is 0.0951. The van der Waals surface area contributed by atoms with Crippen molar-refractivity contribution in [1.29, 1.82) is 0 Å². The van der Waals surface area contributed by atoms with E-state index in [4.69, 9.17) is 4.42 Å². The molecule has 2 aromatic carbocycles. The topological polar surface area (TPSA) is 85.8 Å². The zero-order valence-corrected chi connectivity index (χ0v) is 18.3. The van der Waals surface area contributed by atoms with E-state index < -0.39 is 0 Å². The second-order valence-corrected chi connectivity index (χ2v) is 7.60. The largest absolute Gasteiger partial charge is 0.436 e. The van der Waals surface area contributed by atoms with Gasteiger partial charge in [0.05, 0.1) is 11.8 Å². The van der Waals surface area contributed by atoms with Gasteiger partial charge < -0.3 is 9.73 Å². The van der Waals surface area contributed by atoms with E-state index in [0.717, 1.165) is 11.4 Å². The number of oxazole rings is 1. The number of aromatic nitrogens is 4. The fourth-order valence-electron chi connectivity index (χ4n) is 3.67. The van der Waals surface area contributed by atoms with Crippen LogP contribution in [0, 0.1) is 12.7 Å². The number of amides is 1. The lowest BCUT2D eigenvalue weighted by Crippen LogP contribution is -2.24. The second kappa shape index (κ2) is 9.11. The maximum Gasteiger partial charge on any atom is 0.252 e. The molecule has 0 aliphatic carbocycles. The molecule has 3 heterocycles. The smallest absolute Gasteiger partial charge is 0.252 e. The average molecular weight is 453 g/mol. The van der Waals surface area contributed by atoms with E-state index in [2.05, 4.69) is 20.3 Å². The summed E-state index contributed by atoms with van der Waals surface area (Å²) in [5.74, 6) is 1.71. The summed E-state index contributed by atoms with van der Waals surface area (Å²) in [6.07, 6.45) is 6.81. The molecule has 0 unspecified atom stereocenters. The van der Waals surface area contributed by atoms with Gasteiger partial charge in [0.1, 0.15) is 17.5 Å². The number of carbonyl (C=O) groups is 1. The number of benzene rings is 2. The highest BCUT2D eigenvalue weighted by molar-refractivity contribution is 6.00. The van der Waals surface area contributed by atoms with Crippen LogP contribution >= 0.6 is 0 Å². The van der Waals surface area contributed by atoms with E-state index in [1.807, 2.05) is 35.9 Å². The number of hydrogen-bond donors (Lipinski definition) is 1. The van der Waals surface area contributed by atoms with Crippen LogP contribution in [0.3, 0.4) is 0 Å². The fraction of sp³-hybridized carbons (Fsp3) is 0.0769. The number of rotatable bonds is 6. The first-order valence-corrected chi connectivity index (χ1v) is 10.6. The first-order chi connectivity index (χ1) is 16.6. The summed E-state index contributed by atoms with van der Waals surface area (Å²) in [7, 11) is 0. The molecule has 8 heteroatoms. The van der Waals surface area contributed by atoms with Gasteiger partial charge in [-0.3, -0.25) is 9.36 Å². The zero-order chi connectivity index (χ0) is 23.5. The molecule has 1 amide bonds. The van der Waals surface area contributed by atoms with Gasteiger partial charge in [0, 0.05) is 41.8 Å². The Hall–Kier alpha value is -4.59. The summed E-state index contributed by atoms with van der Waals surface area (Å²) >= 11 is 0. The Balaban J connectivity index is 1.38. The minimum atomic E-state index is -0.328. The van der Waals surface area contributed by atoms with Crippen LogP contribution in [0.5, 0.6) is 0 Å². The highest BCUT2D eigenvalue weighted by atomic mass is 19.1. The molecule has 0 atom stereocenters. The van der Waals surface area contributed by atoms with Crippen molar-refractivity contribution in [2.45, 2.75) is 13.5 Å². The number of pyridine rings is 1. The van der Waals surface area contributed by atoms with Crippen LogP contribution in [-0.2, 0) is 6.54 Å². The summed E-state index contributed by atoms with van der Waals surface area (Å²) in [5, 5.41) is 2.97. The third kappa shape index (κ3) is 4.21. The molecule has 5 rings (SSSR count). The fourth-order valence-corrected chi connectivity index (χ4v) is 3.67. The third-order valence-corrected chi connectivity index (χ3v) is 5.40. The van der Waals surface area contributed by atoms with Crippen molar-refractivity contribution in [3.63, 3.8) is 0 Å². The van der Waals surface area contributed by atoms with Crippen molar-refractivity contribution < 1.29 is 13.6 Å². The summed E-state index contributed by atoms with van der Waals surface area (Å²) in [5.41, 5.74) is 2.54. The van der Waals surface area contributed by atoms with Gasteiger partial charge in [0.2, 0.25) is 5.89 Å². The number of carbonyl (C=O) groups excluding carboxylic acids is 1. The van der Waals surface area contributed by atoms with Gasteiger partial charge >= 0.3 is 0 Å². The standard InChI is InChI=1S/C26H20FN5O2/c1-17-28-13-14-32(17)24-19(5-4-12-29-24)15-30-25(33)21-6-2-3-7-22(21)26-31-16-23(34-26)18-8-10-20(27)11-9-18/h2-14,16H,15H2,1H3,(H,30,33). The molecule has 5 aromatic rings. The Morgan fingerprint density at radius 2 is 1.82 bits per heavy atom. The van der Waals surface area contributed by atoms with Crippen molar-refractivity contribution in [1.82, 2.24) is 24.8 Å². The molecule has 168 valence electrons. The van der Waals surface area contributed by atoms with Crippen LogP contribution in [-0.4, -0.2) is 25.4 Å². The molecule has 0 radical (unpaired) electrons. The molecule has 0 fully saturated rings. The van der Waals surface area contributed by atoms with E-state index in [0.29, 0.717) is 34.2 Å². The lowest BCUT2D eigenvalue weighted by atomic mass is 10.1. The number of aryl methyl sites for hydroxylation is 1. The molecule has 7 nitrogen and oxygen atoms in total. The maximum atomic E-state index is 13.2. The van der Waals surface area contributed by atoms with Gasteiger partial charge in [-0.2, -0.15) is 0 Å². The number of imidazole rings is 1. The van der Waals surface area contributed by atoms with E-state index in [1.165, 1.54) is 12.1 Å². The van der Waals surface area contributed by atoms with Crippen LogP contribution in [0.25, 0.3) is 28.6 Å². The highest BCUT2D eigenvalue weighted by Crippen LogP contribution is 2.28. The van der Waals surface area contributed by atoms with Gasteiger partial charge in [-0.25, -0.2) is 19.3 Å². The first-order valence-electron chi connectivity index (χ1n) is 10.6. The average Bonchev–Trinajstić information content (AvgIpc) is 3.53. The SMILES string of the molecule is Cc1nccn1-c1ncccc1CNC(=O)c1ccccc1-c1ncc(-c2ccc(F)cc2)o1. The number of halogens is 1. The molecule has 34 heavy (non-hydrogen) atoms. The van der Waals surface area contributed by atoms with Gasteiger partial charge in [-0.05, 0) is 49.4 Å². The van der Waals surface area contributed by atoms with Crippen molar-refractivity contribution in [3.05, 3.63) is 108 Å². The molecule has 3 aromatic heterocycles. The molecular weight excluding hydrogens is 433 g/mol. The molecule has 0 aliphatic rings. The summed E-state index contributed by atoms with van der Waals surface area (Å²) < 4.78 is 21.0. The Morgan fingerprint density at radius 1 is 1.00 bits per heavy atom. The Kier molecular flexibility index (Phi) is 5.70. The molecule has 0 aliphatic heterocycles. The first kappa shape index (κ1) is 21.3. The third-order valence-electron chi connectivity index (χ3n) is 5.40. The molecule has 0 bridgehead atoms. The molecule has 1 N–H and O–H groups in total. The zero-order valence-electron chi connectivity index (χ0n) is 18.3. The highest BCUT2D eigenvalue weighted by Gasteiger charge is 2.18. The molecule has 0 spiro atoms. The van der Waals surface area contributed by atoms with Crippen LogP contribution in [0.4, 0.5) is 4.39 Å². The van der Waals surface area contributed by atoms with E-state index in [1.54, 1.807) is 48.9 Å². The summed E-state index contributed by atoms with van der Waals surface area (Å²) in [6, 6.07) is 16.8. The second-order valence-electron chi connectivity index (χ2n) is 7.60. The van der Waals surface area contributed by atoms with Crippen LogP contribution in [0.15, 0.2) is 89.9 Å². The van der Waals surface area contributed by atoms with Gasteiger partial charge in [0.25, 0.3) is 5.91 Å². The maximum absolute atomic E-state index is 13.2. The van der Waals surface area contributed by atoms with Gasteiger partial charge in [-0.1, -0.05) is 18.2 Å². The minimum Gasteiger partial charge on any atom is -0.436 e. The van der Waals surface area contributed by atoms with Crippen LogP contribution in [0.1, 0.15) is 21.7 Å². The van der Waals surface area contributed by atoms with Crippen molar-refractivity contribution in [2.24, 2.45) is 0 Å². The van der Waals surface area contributed by atoms with E-state index in [-0.39, 0.29) is 18.3 Å². The van der Waals surface area contributed by atoms with E-state index >= 15 is 0 Å². The molecular formula is C26H20FN5O2. The quantitative estimate of drug-likeness (QED) is 0.392. The predicted molar refractivity (Wildman–Crippen MR) is 125 cm³/mol. The van der Waals surface area contributed by atoms with Gasteiger partial charge in [-0.15, -0.1) is 0 Å². The van der Waals surface area contributed by atoms with Gasteiger partial charge in [0.15, 0.2) is 5.76 Å². The van der Waals surface area contributed by atoms with Crippen molar-refractivity contribution in [2.75, 3.05) is 0 Å². The van der Waals surface area contributed by atoms with Crippen molar-refractivity contribution >= 4 is 5.91 Å². The van der Waals surface area contributed by atoms with Crippen molar-refractivity contribution in [3.8, 4) is 28.6 Å².